The third kappa shape index (κ3) is 6.05. The van der Waals surface area contributed by atoms with E-state index in [0.717, 1.165) is 38.4 Å². The molecule has 1 aromatic carbocycles. The van der Waals surface area contributed by atoms with E-state index < -0.39 is 0 Å². The highest BCUT2D eigenvalue weighted by Crippen LogP contribution is 2.20. The Morgan fingerprint density at radius 3 is 2.63 bits per heavy atom. The van der Waals surface area contributed by atoms with Crippen molar-refractivity contribution in [3.63, 3.8) is 0 Å². The Hall–Kier alpha value is -1.10. The van der Waals surface area contributed by atoms with Gasteiger partial charge in [-0.25, -0.2) is 0 Å². The van der Waals surface area contributed by atoms with Gasteiger partial charge in [-0.15, -0.1) is 0 Å². The lowest BCUT2D eigenvalue weighted by Crippen LogP contribution is -2.17. The van der Waals surface area contributed by atoms with E-state index in [1.165, 1.54) is 11.1 Å². The van der Waals surface area contributed by atoms with Crippen molar-refractivity contribution in [2.75, 3.05) is 41.5 Å². The molecule has 0 radical (unpaired) electrons. The minimum absolute atomic E-state index is 0.798. The molecule has 0 fully saturated rings. The van der Waals surface area contributed by atoms with Gasteiger partial charge in [0.15, 0.2) is 0 Å². The molecule has 0 aliphatic rings. The Balaban J connectivity index is 2.53. The van der Waals surface area contributed by atoms with Crippen LogP contribution in [0.2, 0.25) is 0 Å². The maximum atomic E-state index is 5.46. The molecule has 1 aromatic rings. The van der Waals surface area contributed by atoms with Gasteiger partial charge >= 0.3 is 0 Å². The molecule has 1 N–H and O–H groups in total. The molecular formula is C15H26N2O2. The summed E-state index contributed by atoms with van der Waals surface area (Å²) >= 11 is 0. The molecule has 108 valence electrons. The summed E-state index contributed by atoms with van der Waals surface area (Å²) in [5.74, 6) is 0.957. The Kier molecular flexibility index (Phi) is 7.48. The second-order valence-electron chi connectivity index (χ2n) is 4.91. The van der Waals surface area contributed by atoms with E-state index in [9.17, 15) is 0 Å². The summed E-state index contributed by atoms with van der Waals surface area (Å²) in [6, 6.07) is 6.42. The molecule has 0 atom stereocenters. The van der Waals surface area contributed by atoms with E-state index in [4.69, 9.17) is 9.47 Å². The van der Waals surface area contributed by atoms with E-state index in [1.54, 1.807) is 14.2 Å². The zero-order chi connectivity index (χ0) is 14.1. The number of ether oxygens (including phenoxy) is 2. The van der Waals surface area contributed by atoms with E-state index in [0.29, 0.717) is 0 Å². The largest absolute Gasteiger partial charge is 0.496 e. The lowest BCUT2D eigenvalue weighted by molar-refractivity contribution is 0.194. The first-order valence-corrected chi connectivity index (χ1v) is 6.67. The standard InChI is InChI=1S/C15H26N2O2/c1-17(2)12-13-6-7-14(15(10-13)19-4)11-16-8-5-9-18-3/h6-7,10,16H,5,8-9,11-12H2,1-4H3. The van der Waals surface area contributed by atoms with Gasteiger partial charge in [-0.2, -0.15) is 0 Å². The van der Waals surface area contributed by atoms with Crippen LogP contribution >= 0.6 is 0 Å². The van der Waals surface area contributed by atoms with Crippen LogP contribution in [0.4, 0.5) is 0 Å². The molecule has 0 amide bonds. The number of nitrogens with zero attached hydrogens (tertiary/aromatic N) is 1. The van der Waals surface area contributed by atoms with Crippen LogP contribution in [-0.4, -0.2) is 46.4 Å². The van der Waals surface area contributed by atoms with Gasteiger partial charge in [0.25, 0.3) is 0 Å². The summed E-state index contributed by atoms with van der Waals surface area (Å²) in [7, 11) is 7.59. The lowest BCUT2D eigenvalue weighted by Gasteiger charge is -2.14. The molecule has 4 heteroatoms. The van der Waals surface area contributed by atoms with Crippen LogP contribution in [0.3, 0.4) is 0 Å². The summed E-state index contributed by atoms with van der Waals surface area (Å²) in [6.07, 6.45) is 1.03. The van der Waals surface area contributed by atoms with Crippen LogP contribution in [-0.2, 0) is 17.8 Å². The van der Waals surface area contributed by atoms with Crippen molar-refractivity contribution in [3.05, 3.63) is 29.3 Å². The van der Waals surface area contributed by atoms with Crippen LogP contribution in [0.25, 0.3) is 0 Å². The molecule has 0 aliphatic carbocycles. The SMILES string of the molecule is COCCCNCc1ccc(CN(C)C)cc1OC. The number of hydrogen-bond acceptors (Lipinski definition) is 4. The third-order valence-corrected chi connectivity index (χ3v) is 2.87. The topological polar surface area (TPSA) is 33.7 Å². The summed E-state index contributed by atoms with van der Waals surface area (Å²) in [6.45, 7) is 3.51. The molecule has 0 spiro atoms. The molecular weight excluding hydrogens is 240 g/mol. The molecule has 1 rings (SSSR count). The summed E-state index contributed by atoms with van der Waals surface area (Å²) in [5, 5.41) is 3.40. The second-order valence-corrected chi connectivity index (χ2v) is 4.91. The summed E-state index contributed by atoms with van der Waals surface area (Å²) in [4.78, 5) is 2.15. The van der Waals surface area contributed by atoms with E-state index >= 15 is 0 Å². The number of methoxy groups -OCH3 is 2. The molecule has 0 saturated carbocycles. The van der Waals surface area contributed by atoms with Crippen molar-refractivity contribution in [1.29, 1.82) is 0 Å². The van der Waals surface area contributed by atoms with Gasteiger partial charge in [-0.3, -0.25) is 0 Å². The highest BCUT2D eigenvalue weighted by atomic mass is 16.5. The average molecular weight is 266 g/mol. The van der Waals surface area contributed by atoms with Crippen LogP contribution in [0.1, 0.15) is 17.5 Å². The molecule has 0 bridgehead atoms. The first-order valence-electron chi connectivity index (χ1n) is 6.67. The predicted molar refractivity (Wildman–Crippen MR) is 78.6 cm³/mol. The summed E-state index contributed by atoms with van der Waals surface area (Å²) in [5.41, 5.74) is 2.47. The maximum Gasteiger partial charge on any atom is 0.123 e. The van der Waals surface area contributed by atoms with Crippen LogP contribution in [0.15, 0.2) is 18.2 Å². The molecule has 19 heavy (non-hydrogen) atoms. The highest BCUT2D eigenvalue weighted by Gasteiger charge is 2.05. The monoisotopic (exact) mass is 266 g/mol. The fraction of sp³-hybridized carbons (Fsp3) is 0.600. The van der Waals surface area contributed by atoms with Gasteiger partial charge in [0.05, 0.1) is 7.11 Å². The molecule has 0 aliphatic heterocycles. The van der Waals surface area contributed by atoms with Crippen molar-refractivity contribution in [3.8, 4) is 5.75 Å². The van der Waals surface area contributed by atoms with Crippen molar-refractivity contribution in [2.45, 2.75) is 19.5 Å². The van der Waals surface area contributed by atoms with Crippen molar-refractivity contribution < 1.29 is 9.47 Å². The molecule has 0 aromatic heterocycles. The molecule has 0 saturated heterocycles. The van der Waals surface area contributed by atoms with E-state index in [1.807, 2.05) is 0 Å². The quantitative estimate of drug-likeness (QED) is 0.692. The maximum absolute atomic E-state index is 5.46. The second kappa shape index (κ2) is 8.91. The van der Waals surface area contributed by atoms with Gasteiger partial charge in [-0.05, 0) is 38.7 Å². The number of nitrogens with one attached hydrogen (secondary N) is 1. The van der Waals surface area contributed by atoms with E-state index in [-0.39, 0.29) is 0 Å². The normalized spacial score (nSPS) is 11.0. The van der Waals surface area contributed by atoms with Crippen LogP contribution in [0.5, 0.6) is 5.75 Å². The Morgan fingerprint density at radius 2 is 2.00 bits per heavy atom. The van der Waals surface area contributed by atoms with Crippen molar-refractivity contribution in [1.82, 2.24) is 10.2 Å². The number of rotatable bonds is 9. The van der Waals surface area contributed by atoms with Gasteiger partial charge in [-0.1, -0.05) is 12.1 Å². The average Bonchev–Trinajstić information content (AvgIpc) is 2.39. The minimum atomic E-state index is 0.798. The molecule has 0 heterocycles. The molecule has 4 nitrogen and oxygen atoms in total. The van der Waals surface area contributed by atoms with Crippen molar-refractivity contribution >= 4 is 0 Å². The Bertz CT molecular complexity index is 367. The van der Waals surface area contributed by atoms with Gasteiger partial charge < -0.3 is 19.7 Å². The Labute approximate surface area is 116 Å². The fourth-order valence-electron chi connectivity index (χ4n) is 1.96. The molecule has 0 unspecified atom stereocenters. The fourth-order valence-corrected chi connectivity index (χ4v) is 1.96. The third-order valence-electron chi connectivity index (χ3n) is 2.87. The van der Waals surface area contributed by atoms with Gasteiger partial charge in [0.2, 0.25) is 0 Å². The Morgan fingerprint density at radius 1 is 1.21 bits per heavy atom. The minimum Gasteiger partial charge on any atom is -0.496 e. The first-order chi connectivity index (χ1) is 9.17. The lowest BCUT2D eigenvalue weighted by atomic mass is 10.1. The van der Waals surface area contributed by atoms with Gasteiger partial charge in [0.1, 0.15) is 5.75 Å². The van der Waals surface area contributed by atoms with Crippen LogP contribution < -0.4 is 10.1 Å². The van der Waals surface area contributed by atoms with Crippen molar-refractivity contribution in [2.24, 2.45) is 0 Å². The van der Waals surface area contributed by atoms with E-state index in [2.05, 4.69) is 42.5 Å². The van der Waals surface area contributed by atoms with Crippen LogP contribution in [0, 0.1) is 0 Å². The number of benzene rings is 1. The zero-order valence-electron chi connectivity index (χ0n) is 12.5. The predicted octanol–water partition coefficient (Wildman–Crippen LogP) is 1.88. The smallest absolute Gasteiger partial charge is 0.123 e. The zero-order valence-corrected chi connectivity index (χ0v) is 12.5. The van der Waals surface area contributed by atoms with Gasteiger partial charge in [0, 0.05) is 32.4 Å². The summed E-state index contributed by atoms with van der Waals surface area (Å²) < 4.78 is 10.5. The number of hydrogen-bond donors (Lipinski definition) is 1. The highest BCUT2D eigenvalue weighted by molar-refractivity contribution is 5.37. The first kappa shape index (κ1) is 16.0.